The lowest BCUT2D eigenvalue weighted by molar-refractivity contribution is -0.153. The molecular formula is C21H36N2O4. The molecule has 0 spiro atoms. The number of aliphatic hydroxyl groups excluding tert-OH is 1. The molecular weight excluding hydrogens is 344 g/mol. The Bertz CT molecular complexity index is 520. The largest absolute Gasteiger partial charge is 0.459 e. The molecule has 2 N–H and O–H groups in total. The van der Waals surface area contributed by atoms with Gasteiger partial charge in [0.05, 0.1) is 6.61 Å². The second-order valence-electron chi connectivity index (χ2n) is 10.1. The molecule has 4 fully saturated rings. The first-order valence-corrected chi connectivity index (χ1v) is 10.5. The number of hydrogen-bond acceptors (Lipinski definition) is 4. The van der Waals surface area contributed by atoms with E-state index in [0.29, 0.717) is 18.5 Å². The highest BCUT2D eigenvalue weighted by molar-refractivity contribution is 5.81. The molecule has 27 heavy (non-hydrogen) atoms. The molecule has 4 bridgehead atoms. The van der Waals surface area contributed by atoms with E-state index in [1.54, 1.807) is 25.7 Å². The summed E-state index contributed by atoms with van der Waals surface area (Å²) in [5, 5.41) is 12.0. The van der Waals surface area contributed by atoms with E-state index in [9.17, 15) is 14.7 Å². The van der Waals surface area contributed by atoms with Crippen LogP contribution in [0.4, 0.5) is 4.79 Å². The summed E-state index contributed by atoms with van der Waals surface area (Å²) in [6.45, 7) is 6.14. The van der Waals surface area contributed by atoms with Crippen LogP contribution in [0.1, 0.15) is 65.7 Å². The second-order valence-corrected chi connectivity index (χ2v) is 10.1. The highest BCUT2D eigenvalue weighted by Crippen LogP contribution is 2.61. The topological polar surface area (TPSA) is 78.9 Å². The molecule has 0 unspecified atom stereocenters. The molecule has 0 aliphatic heterocycles. The molecule has 6 heteroatoms. The molecule has 4 aliphatic rings. The molecule has 4 saturated carbocycles. The fourth-order valence-corrected chi connectivity index (χ4v) is 6.04. The van der Waals surface area contributed by atoms with Crippen LogP contribution < -0.4 is 5.32 Å². The first-order valence-electron chi connectivity index (χ1n) is 10.5. The molecule has 0 aromatic heterocycles. The van der Waals surface area contributed by atoms with Gasteiger partial charge in [-0.25, -0.2) is 4.79 Å². The van der Waals surface area contributed by atoms with E-state index in [0.717, 1.165) is 24.2 Å². The molecule has 4 rings (SSSR count). The number of amides is 2. The number of nitrogens with one attached hydrogen (secondary N) is 1. The van der Waals surface area contributed by atoms with Crippen LogP contribution in [0.5, 0.6) is 0 Å². The summed E-state index contributed by atoms with van der Waals surface area (Å²) in [5.74, 6) is 2.23. The number of rotatable bonds is 7. The van der Waals surface area contributed by atoms with Gasteiger partial charge in [0.25, 0.3) is 0 Å². The third-order valence-corrected chi connectivity index (χ3v) is 6.54. The summed E-state index contributed by atoms with van der Waals surface area (Å²) < 4.78 is 5.23. The molecule has 6 nitrogen and oxygen atoms in total. The highest BCUT2D eigenvalue weighted by atomic mass is 16.6. The Morgan fingerprint density at radius 3 is 2.11 bits per heavy atom. The minimum absolute atomic E-state index is 0.0687. The van der Waals surface area contributed by atoms with Crippen molar-refractivity contribution < 1.29 is 19.4 Å². The van der Waals surface area contributed by atoms with Crippen molar-refractivity contribution in [2.24, 2.45) is 23.2 Å². The van der Waals surface area contributed by atoms with Crippen molar-refractivity contribution in [3.8, 4) is 0 Å². The zero-order valence-electron chi connectivity index (χ0n) is 17.1. The Morgan fingerprint density at radius 2 is 1.63 bits per heavy atom. The molecule has 0 heterocycles. The Hall–Kier alpha value is -1.30. The highest BCUT2D eigenvalue weighted by Gasteiger charge is 2.50. The third-order valence-electron chi connectivity index (χ3n) is 6.54. The van der Waals surface area contributed by atoms with Crippen molar-refractivity contribution in [1.29, 1.82) is 0 Å². The van der Waals surface area contributed by atoms with Gasteiger partial charge in [0.1, 0.15) is 12.1 Å². The first kappa shape index (κ1) is 20.4. The Kier molecular flexibility index (Phi) is 6.04. The van der Waals surface area contributed by atoms with E-state index in [1.165, 1.54) is 38.5 Å². The van der Waals surface area contributed by atoms with Gasteiger partial charge >= 0.3 is 12.0 Å². The summed E-state index contributed by atoms with van der Waals surface area (Å²) >= 11 is 0. The van der Waals surface area contributed by atoms with Crippen molar-refractivity contribution in [1.82, 2.24) is 10.2 Å². The average Bonchev–Trinajstić information content (AvgIpc) is 2.53. The van der Waals surface area contributed by atoms with Crippen LogP contribution in [0, 0.1) is 23.2 Å². The Labute approximate surface area is 163 Å². The molecule has 2 amide bonds. The predicted molar refractivity (Wildman–Crippen MR) is 103 cm³/mol. The van der Waals surface area contributed by atoms with Crippen LogP contribution in [0.2, 0.25) is 0 Å². The fraction of sp³-hybridized carbons (Fsp3) is 0.905. The molecule has 0 aromatic rings. The number of nitrogens with zero attached hydrogens (tertiary/aromatic N) is 1. The first-order chi connectivity index (χ1) is 12.7. The molecule has 154 valence electrons. The number of esters is 1. The zero-order valence-corrected chi connectivity index (χ0v) is 17.1. The van der Waals surface area contributed by atoms with Gasteiger partial charge in [-0.15, -0.1) is 0 Å². The zero-order chi connectivity index (χ0) is 19.7. The quantitative estimate of drug-likeness (QED) is 0.666. The molecule has 0 saturated heterocycles. The summed E-state index contributed by atoms with van der Waals surface area (Å²) in [5.41, 5.74) is -0.168. The summed E-state index contributed by atoms with van der Waals surface area (Å²) in [6.07, 6.45) is 9.18. The van der Waals surface area contributed by atoms with Gasteiger partial charge in [0.15, 0.2) is 0 Å². The second kappa shape index (κ2) is 7.98. The van der Waals surface area contributed by atoms with Gasteiger partial charge in [0, 0.05) is 13.1 Å². The van der Waals surface area contributed by atoms with Crippen molar-refractivity contribution >= 4 is 12.0 Å². The maximum absolute atomic E-state index is 12.5. The van der Waals surface area contributed by atoms with Gasteiger partial charge in [-0.2, -0.15) is 0 Å². The summed E-state index contributed by atoms with van der Waals surface area (Å²) in [4.78, 5) is 26.0. The Morgan fingerprint density at radius 1 is 1.07 bits per heavy atom. The lowest BCUT2D eigenvalue weighted by Crippen LogP contribution is -2.49. The van der Waals surface area contributed by atoms with Crippen LogP contribution in [0.15, 0.2) is 0 Å². The number of ether oxygens (including phenoxy) is 1. The van der Waals surface area contributed by atoms with Crippen LogP contribution in [-0.4, -0.2) is 53.8 Å². The van der Waals surface area contributed by atoms with Crippen LogP contribution in [0.25, 0.3) is 0 Å². The van der Waals surface area contributed by atoms with E-state index in [-0.39, 0.29) is 19.2 Å². The standard InChI is InChI=1S/C21H36N2O4/c1-20(2,3)27-18(25)14-22-19(26)23(6-7-24)5-4-21-11-15-8-16(12-21)10-17(9-15)13-21/h15-17,24H,4-14H2,1-3H3,(H,22,26). The van der Waals surface area contributed by atoms with E-state index < -0.39 is 11.6 Å². The van der Waals surface area contributed by atoms with E-state index in [1.807, 2.05) is 0 Å². The fourth-order valence-electron chi connectivity index (χ4n) is 6.04. The van der Waals surface area contributed by atoms with Gasteiger partial charge in [-0.05, 0) is 88.9 Å². The van der Waals surface area contributed by atoms with E-state index >= 15 is 0 Å². The number of carbonyl (C=O) groups excluding carboxylic acids is 2. The summed E-state index contributed by atoms with van der Waals surface area (Å²) in [6, 6.07) is -0.292. The van der Waals surface area contributed by atoms with E-state index in [4.69, 9.17) is 4.74 Å². The van der Waals surface area contributed by atoms with Crippen LogP contribution in [0.3, 0.4) is 0 Å². The van der Waals surface area contributed by atoms with Crippen molar-refractivity contribution in [2.75, 3.05) is 26.2 Å². The number of urea groups is 1. The van der Waals surface area contributed by atoms with Crippen molar-refractivity contribution in [3.63, 3.8) is 0 Å². The van der Waals surface area contributed by atoms with Crippen LogP contribution in [-0.2, 0) is 9.53 Å². The number of aliphatic hydroxyl groups is 1. The Balaban J connectivity index is 1.50. The summed E-state index contributed by atoms with van der Waals surface area (Å²) in [7, 11) is 0. The van der Waals surface area contributed by atoms with Crippen molar-refractivity contribution in [3.05, 3.63) is 0 Å². The monoisotopic (exact) mass is 380 g/mol. The maximum atomic E-state index is 12.5. The average molecular weight is 381 g/mol. The van der Waals surface area contributed by atoms with Gasteiger partial charge in [-0.3, -0.25) is 4.79 Å². The van der Waals surface area contributed by atoms with Crippen LogP contribution >= 0.6 is 0 Å². The minimum atomic E-state index is -0.564. The number of hydrogen-bond donors (Lipinski definition) is 2. The molecule has 0 aromatic carbocycles. The lowest BCUT2D eigenvalue weighted by Gasteiger charge is -2.57. The number of carbonyl (C=O) groups is 2. The van der Waals surface area contributed by atoms with E-state index in [2.05, 4.69) is 5.32 Å². The maximum Gasteiger partial charge on any atom is 0.325 e. The molecule has 4 aliphatic carbocycles. The van der Waals surface area contributed by atoms with Gasteiger partial charge in [0.2, 0.25) is 0 Å². The normalized spacial score (nSPS) is 31.6. The smallest absolute Gasteiger partial charge is 0.325 e. The molecule has 0 atom stereocenters. The SMILES string of the molecule is CC(C)(C)OC(=O)CNC(=O)N(CCO)CCC12CC3CC(CC(C3)C1)C2. The van der Waals surface area contributed by atoms with Gasteiger partial charge in [-0.1, -0.05) is 0 Å². The minimum Gasteiger partial charge on any atom is -0.459 e. The van der Waals surface area contributed by atoms with Gasteiger partial charge < -0.3 is 20.1 Å². The molecule has 0 radical (unpaired) electrons. The lowest BCUT2D eigenvalue weighted by atomic mass is 9.49. The van der Waals surface area contributed by atoms with Crippen molar-refractivity contribution in [2.45, 2.75) is 71.3 Å². The predicted octanol–water partition coefficient (Wildman–Crippen LogP) is 2.94. The third kappa shape index (κ3) is 5.37.